The molecule has 0 aliphatic heterocycles. The lowest BCUT2D eigenvalue weighted by molar-refractivity contribution is -0.142. The van der Waals surface area contributed by atoms with E-state index in [0.29, 0.717) is 11.1 Å². The van der Waals surface area contributed by atoms with Crippen molar-refractivity contribution in [2.75, 3.05) is 0 Å². The van der Waals surface area contributed by atoms with Crippen molar-refractivity contribution in [1.29, 1.82) is 0 Å². The van der Waals surface area contributed by atoms with E-state index in [1.165, 1.54) is 24.3 Å². The minimum Gasteiger partial charge on any atom is -0.507 e. The minimum absolute atomic E-state index is 0.185. The number of carbonyl (C=O) groups excluding carboxylic acids is 4. The van der Waals surface area contributed by atoms with E-state index < -0.39 is 104 Å². The molecule has 6 N–H and O–H groups in total. The van der Waals surface area contributed by atoms with Crippen LogP contribution in [0.15, 0.2) is 35.4 Å². The van der Waals surface area contributed by atoms with Crippen molar-refractivity contribution in [1.82, 2.24) is 0 Å². The second-order valence-corrected chi connectivity index (χ2v) is 12.0. The zero-order chi connectivity index (χ0) is 28.5. The van der Waals surface area contributed by atoms with Gasteiger partial charge in [0.15, 0.2) is 23.1 Å². The molecule has 0 amide bonds. The SMILES string of the molecule is Cc1cc(O)c2c(c1)C(=O)[C@]13C(=C2O)C(=O)[C@H]2[C@H](O)[C@H]1[C@@H]1[C@@H](O)[C@H]3C(=O)C3=C(O)c4c(O)cc(C)cc4C(=O)[C@]312. The van der Waals surface area contributed by atoms with Gasteiger partial charge in [-0.2, -0.15) is 0 Å². The summed E-state index contributed by atoms with van der Waals surface area (Å²) in [5.74, 6) is -12.2. The standard InChI is InChI=1S/C30H22O10/c1-7-3-9-13(11(31)5-7)21(33)17-25(37)20-23(35)15-16-24(36)19(29(15,17)27(9)39)26(38)18-22(34)14-10(28(40)30(16,18)20)4-8(2)6-12(14)32/h3-6,15-16,19-20,23-24,31-36H,1-2H3/t15-,16-,19-,20+,23-,24-,29+,30+/m1/s1. The Morgan fingerprint density at radius 1 is 0.600 bits per heavy atom. The van der Waals surface area contributed by atoms with Crippen LogP contribution in [0.5, 0.6) is 11.5 Å². The Morgan fingerprint density at radius 3 is 1.30 bits per heavy atom. The Hall–Kier alpha value is -4.28. The summed E-state index contributed by atoms with van der Waals surface area (Å²) in [5, 5.41) is 67.8. The summed E-state index contributed by atoms with van der Waals surface area (Å²) < 4.78 is 0. The molecule has 40 heavy (non-hydrogen) atoms. The molecule has 4 saturated carbocycles. The molecule has 8 rings (SSSR count). The van der Waals surface area contributed by atoms with Gasteiger partial charge in [-0.05, 0) is 49.2 Å². The molecule has 0 saturated heterocycles. The number of aromatic hydroxyl groups is 2. The summed E-state index contributed by atoms with van der Waals surface area (Å²) >= 11 is 0. The molecule has 10 heteroatoms. The molecule has 6 aliphatic rings. The van der Waals surface area contributed by atoms with Crippen molar-refractivity contribution >= 4 is 34.7 Å². The van der Waals surface area contributed by atoms with E-state index in [0.717, 1.165) is 0 Å². The molecular weight excluding hydrogens is 520 g/mol. The van der Waals surface area contributed by atoms with Gasteiger partial charge < -0.3 is 30.6 Å². The molecule has 0 radical (unpaired) electrons. The maximum Gasteiger partial charge on any atom is 0.175 e. The summed E-state index contributed by atoms with van der Waals surface area (Å²) in [6.45, 7) is 3.19. The summed E-state index contributed by atoms with van der Waals surface area (Å²) in [6.07, 6.45) is -3.37. The molecule has 10 nitrogen and oxygen atoms in total. The highest BCUT2D eigenvalue weighted by Gasteiger charge is 2.89. The van der Waals surface area contributed by atoms with Gasteiger partial charge in [-0.15, -0.1) is 0 Å². The lowest BCUT2D eigenvalue weighted by Crippen LogP contribution is -2.65. The first kappa shape index (κ1) is 23.6. The fraction of sp³-hybridized carbons (Fsp3) is 0.333. The highest BCUT2D eigenvalue weighted by atomic mass is 16.3. The maximum absolute atomic E-state index is 14.5. The quantitative estimate of drug-likeness (QED) is 0.286. The minimum atomic E-state index is -2.25. The van der Waals surface area contributed by atoms with Gasteiger partial charge in [-0.3, -0.25) is 19.2 Å². The van der Waals surface area contributed by atoms with Crippen molar-refractivity contribution < 1.29 is 49.8 Å². The van der Waals surface area contributed by atoms with E-state index in [1.54, 1.807) is 13.8 Å². The van der Waals surface area contributed by atoms with E-state index in [4.69, 9.17) is 0 Å². The van der Waals surface area contributed by atoms with E-state index in [9.17, 15) is 49.8 Å². The van der Waals surface area contributed by atoms with E-state index in [-0.39, 0.29) is 22.3 Å². The zero-order valence-corrected chi connectivity index (χ0v) is 21.1. The fourth-order valence-electron chi connectivity index (χ4n) is 9.51. The van der Waals surface area contributed by atoms with Crippen molar-refractivity contribution in [2.24, 2.45) is 34.5 Å². The van der Waals surface area contributed by atoms with Crippen LogP contribution in [0.2, 0.25) is 0 Å². The Morgan fingerprint density at radius 2 is 0.950 bits per heavy atom. The molecule has 6 aliphatic carbocycles. The largest absolute Gasteiger partial charge is 0.507 e. The number of phenols is 2. The lowest BCUT2D eigenvalue weighted by Gasteiger charge is -2.53. The Balaban J connectivity index is 1.55. The number of allylic oxidation sites excluding steroid dienone is 2. The molecular formula is C30H22O10. The molecule has 0 aromatic heterocycles. The van der Waals surface area contributed by atoms with Gasteiger partial charge in [-0.25, -0.2) is 0 Å². The maximum atomic E-state index is 14.5. The van der Waals surface area contributed by atoms with Crippen LogP contribution >= 0.6 is 0 Å². The van der Waals surface area contributed by atoms with E-state index in [1.807, 2.05) is 0 Å². The highest BCUT2D eigenvalue weighted by Crippen LogP contribution is 2.80. The molecule has 4 fully saturated rings. The number of carbonyl (C=O) groups is 4. The molecule has 0 unspecified atom stereocenters. The summed E-state index contributed by atoms with van der Waals surface area (Å²) in [6, 6.07) is 5.37. The predicted molar refractivity (Wildman–Crippen MR) is 134 cm³/mol. The van der Waals surface area contributed by atoms with Gasteiger partial charge in [0.1, 0.15) is 23.0 Å². The van der Waals surface area contributed by atoms with Crippen LogP contribution in [0, 0.1) is 48.3 Å². The van der Waals surface area contributed by atoms with Gasteiger partial charge in [-0.1, -0.05) is 0 Å². The molecule has 2 aromatic carbocycles. The van der Waals surface area contributed by atoms with E-state index in [2.05, 4.69) is 0 Å². The van der Waals surface area contributed by atoms with Gasteiger partial charge in [0.05, 0.1) is 57.1 Å². The molecule has 8 atom stereocenters. The topological polar surface area (TPSA) is 190 Å². The number of fused-ring (bicyclic) bond motifs is 4. The van der Waals surface area contributed by atoms with Crippen molar-refractivity contribution in [3.63, 3.8) is 0 Å². The van der Waals surface area contributed by atoms with Gasteiger partial charge in [0.2, 0.25) is 0 Å². The zero-order valence-electron chi connectivity index (χ0n) is 21.1. The number of phenolic OH excluding ortho intramolecular Hbond substituents is 2. The Bertz CT molecular complexity index is 1680. The van der Waals surface area contributed by atoms with Crippen molar-refractivity contribution in [3.8, 4) is 11.5 Å². The van der Waals surface area contributed by atoms with Crippen molar-refractivity contribution in [3.05, 3.63) is 68.8 Å². The van der Waals surface area contributed by atoms with Crippen LogP contribution < -0.4 is 0 Å². The van der Waals surface area contributed by atoms with Crippen LogP contribution in [-0.4, -0.2) is 66.0 Å². The monoisotopic (exact) mass is 542 g/mol. The number of hydrogen-bond donors (Lipinski definition) is 6. The smallest absolute Gasteiger partial charge is 0.175 e. The number of aliphatic hydroxyl groups excluding tert-OH is 4. The van der Waals surface area contributed by atoms with Crippen LogP contribution in [-0.2, 0) is 9.59 Å². The average molecular weight is 542 g/mol. The third-order valence-electron chi connectivity index (χ3n) is 10.4. The number of Topliss-reactive ketones (excluding diaryl/α,β-unsaturated/α-hetero) is 4. The summed E-state index contributed by atoms with van der Waals surface area (Å²) in [4.78, 5) is 57.9. The molecule has 0 heterocycles. The van der Waals surface area contributed by atoms with Crippen molar-refractivity contribution in [2.45, 2.75) is 26.1 Å². The first-order chi connectivity index (χ1) is 18.8. The van der Waals surface area contributed by atoms with Crippen LogP contribution in [0.1, 0.15) is 43.0 Å². The van der Waals surface area contributed by atoms with Crippen LogP contribution in [0.25, 0.3) is 11.5 Å². The fourth-order valence-corrected chi connectivity index (χ4v) is 9.51. The third-order valence-corrected chi connectivity index (χ3v) is 10.4. The second kappa shape index (κ2) is 6.54. The summed E-state index contributed by atoms with van der Waals surface area (Å²) in [7, 11) is 0. The number of aliphatic hydroxyl groups is 4. The molecule has 2 spiro atoms. The first-order valence-electron chi connectivity index (χ1n) is 12.9. The molecule has 4 bridgehead atoms. The summed E-state index contributed by atoms with van der Waals surface area (Å²) in [5.41, 5.74) is -5.58. The predicted octanol–water partition coefficient (Wildman–Crippen LogP) is 1.70. The van der Waals surface area contributed by atoms with Gasteiger partial charge in [0.25, 0.3) is 0 Å². The third kappa shape index (κ3) is 1.96. The molecule has 202 valence electrons. The number of aryl methyl sites for hydroxylation is 2. The number of rotatable bonds is 0. The first-order valence-corrected chi connectivity index (χ1v) is 12.9. The normalized spacial score (nSPS) is 38.1. The van der Waals surface area contributed by atoms with Crippen LogP contribution in [0.4, 0.5) is 0 Å². The highest BCUT2D eigenvalue weighted by molar-refractivity contribution is 6.30. The Labute approximate surface area is 225 Å². The number of hydrogen-bond acceptors (Lipinski definition) is 10. The number of ketones is 4. The molecule has 2 aromatic rings. The van der Waals surface area contributed by atoms with Gasteiger partial charge >= 0.3 is 0 Å². The second-order valence-electron chi connectivity index (χ2n) is 12.0. The Kier molecular flexibility index (Phi) is 3.86. The van der Waals surface area contributed by atoms with Gasteiger partial charge in [0, 0.05) is 23.0 Å². The lowest BCUT2D eigenvalue weighted by atomic mass is 9.46. The number of benzene rings is 2. The van der Waals surface area contributed by atoms with Crippen LogP contribution in [0.3, 0.4) is 0 Å². The van der Waals surface area contributed by atoms with E-state index >= 15 is 0 Å². The average Bonchev–Trinajstić information content (AvgIpc) is 3.22.